The van der Waals surface area contributed by atoms with Crippen LogP contribution in [-0.4, -0.2) is 63.7 Å². The molecule has 6 nitrogen and oxygen atoms in total. The molecule has 0 aliphatic rings. The number of likely N-dealkylation sites (N-methyl/N-ethyl adjacent to an activating group) is 1. The van der Waals surface area contributed by atoms with E-state index in [0.29, 0.717) is 0 Å². The third-order valence-electron chi connectivity index (χ3n) is 2.75. The van der Waals surface area contributed by atoms with Gasteiger partial charge in [-0.2, -0.15) is 0 Å². The molecule has 0 rings (SSSR count). The number of carbonyl (C=O) groups is 1. The molecule has 90 valence electrons. The molecule has 15 heavy (non-hydrogen) atoms. The van der Waals surface area contributed by atoms with Crippen LogP contribution in [0.3, 0.4) is 0 Å². The minimum atomic E-state index is -1.59. The van der Waals surface area contributed by atoms with E-state index in [-0.39, 0.29) is 5.78 Å². The number of hydrogen-bond donors (Lipinski definition) is 5. The first-order chi connectivity index (χ1) is 6.81. The Morgan fingerprint density at radius 2 is 1.87 bits per heavy atom. The number of hydrogen-bond acceptors (Lipinski definition) is 6. The van der Waals surface area contributed by atoms with E-state index in [0.717, 1.165) is 0 Å². The van der Waals surface area contributed by atoms with E-state index in [4.69, 9.17) is 10.2 Å². The van der Waals surface area contributed by atoms with Gasteiger partial charge in [0.15, 0.2) is 5.78 Å². The molecule has 0 heterocycles. The molecule has 4 atom stereocenters. The zero-order chi connectivity index (χ0) is 12.2. The van der Waals surface area contributed by atoms with E-state index in [2.05, 4.69) is 5.32 Å². The Labute approximate surface area is 88.5 Å². The average molecular weight is 221 g/mol. The lowest BCUT2D eigenvalue weighted by molar-refractivity contribution is -0.139. The second-order valence-corrected chi connectivity index (χ2v) is 3.69. The predicted molar refractivity (Wildman–Crippen MR) is 53.3 cm³/mol. The van der Waals surface area contributed by atoms with E-state index in [1.165, 1.54) is 20.9 Å². The topological polar surface area (TPSA) is 110 Å². The van der Waals surface area contributed by atoms with Gasteiger partial charge in [0.1, 0.15) is 23.9 Å². The first-order valence-electron chi connectivity index (χ1n) is 4.66. The van der Waals surface area contributed by atoms with E-state index >= 15 is 0 Å². The number of aliphatic hydroxyl groups excluding tert-OH is 4. The fraction of sp³-hybridized carbons (Fsp3) is 0.889. The summed E-state index contributed by atoms with van der Waals surface area (Å²) in [7, 11) is 1.46. The van der Waals surface area contributed by atoms with Crippen LogP contribution in [0.4, 0.5) is 0 Å². The van der Waals surface area contributed by atoms with Crippen molar-refractivity contribution >= 4 is 5.78 Å². The molecule has 6 heteroatoms. The van der Waals surface area contributed by atoms with Crippen LogP contribution >= 0.6 is 0 Å². The van der Waals surface area contributed by atoms with Crippen molar-refractivity contribution in [3.05, 3.63) is 0 Å². The van der Waals surface area contributed by atoms with Gasteiger partial charge < -0.3 is 25.7 Å². The maximum Gasteiger partial charge on any atom is 0.152 e. The van der Waals surface area contributed by atoms with Crippen LogP contribution in [0.5, 0.6) is 0 Å². The summed E-state index contributed by atoms with van der Waals surface area (Å²) in [5, 5.41) is 39.5. The Hall–Kier alpha value is -0.530. The van der Waals surface area contributed by atoms with E-state index in [1.54, 1.807) is 0 Å². The first kappa shape index (κ1) is 14.5. The van der Waals surface area contributed by atoms with Crippen molar-refractivity contribution < 1.29 is 25.2 Å². The van der Waals surface area contributed by atoms with Crippen LogP contribution in [-0.2, 0) is 4.79 Å². The average Bonchev–Trinajstić information content (AvgIpc) is 2.24. The van der Waals surface area contributed by atoms with Gasteiger partial charge in [-0.1, -0.05) is 0 Å². The molecule has 0 saturated carbocycles. The van der Waals surface area contributed by atoms with Crippen molar-refractivity contribution in [2.45, 2.75) is 37.7 Å². The number of carbonyl (C=O) groups excluding carboxylic acids is 1. The lowest BCUT2D eigenvalue weighted by atomic mass is 9.85. The molecule has 0 aliphatic heterocycles. The number of Topliss-reactive ketones (excluding diaryl/α,β-unsaturated/α-hetero) is 1. The molecule has 5 N–H and O–H groups in total. The highest BCUT2D eigenvalue weighted by atomic mass is 16.4. The SMILES string of the molecule is CN[C@@](C)(C(C)=O)[C@@H](O)[C@H](O)[C@H](O)CO. The summed E-state index contributed by atoms with van der Waals surface area (Å²) in [5.74, 6) is -0.373. The Balaban J connectivity index is 4.79. The summed E-state index contributed by atoms with van der Waals surface area (Å²) in [6, 6.07) is 0. The summed E-state index contributed by atoms with van der Waals surface area (Å²) >= 11 is 0. The summed E-state index contributed by atoms with van der Waals surface area (Å²) in [6.07, 6.45) is -4.56. The minimum Gasteiger partial charge on any atom is -0.394 e. The molecule has 0 aliphatic carbocycles. The molecule has 0 unspecified atom stereocenters. The molecule has 0 aromatic heterocycles. The van der Waals surface area contributed by atoms with Gasteiger partial charge in [0.05, 0.1) is 6.61 Å². The highest BCUT2D eigenvalue weighted by molar-refractivity contribution is 5.86. The summed E-state index contributed by atoms with van der Waals surface area (Å²) < 4.78 is 0. The predicted octanol–water partition coefficient (Wildman–Crippen LogP) is -2.37. The van der Waals surface area contributed by atoms with Gasteiger partial charge in [0, 0.05) is 0 Å². The Kier molecular flexibility index (Phi) is 5.33. The Morgan fingerprint density at radius 3 is 2.13 bits per heavy atom. The Morgan fingerprint density at radius 1 is 1.40 bits per heavy atom. The maximum absolute atomic E-state index is 11.3. The zero-order valence-corrected chi connectivity index (χ0v) is 9.14. The van der Waals surface area contributed by atoms with Gasteiger partial charge in [0.25, 0.3) is 0 Å². The van der Waals surface area contributed by atoms with E-state index in [9.17, 15) is 15.0 Å². The maximum atomic E-state index is 11.3. The number of aliphatic hydroxyl groups is 4. The first-order valence-corrected chi connectivity index (χ1v) is 4.66. The van der Waals surface area contributed by atoms with Gasteiger partial charge in [-0.05, 0) is 20.9 Å². The highest BCUT2D eigenvalue weighted by Gasteiger charge is 2.42. The standard InChI is InChI=1S/C9H19NO5/c1-5(12)9(2,10-3)8(15)7(14)6(13)4-11/h6-8,10-11,13-15H,4H2,1-3H3/t6-,7-,8+,9+/m1/s1. The van der Waals surface area contributed by atoms with E-state index < -0.39 is 30.5 Å². The molecule has 0 spiro atoms. The molecule has 0 bridgehead atoms. The van der Waals surface area contributed by atoms with Crippen LogP contribution in [0.1, 0.15) is 13.8 Å². The normalized spacial score (nSPS) is 21.5. The number of rotatable bonds is 6. The molecule has 0 aromatic carbocycles. The molecule has 0 saturated heterocycles. The fourth-order valence-corrected chi connectivity index (χ4v) is 1.19. The van der Waals surface area contributed by atoms with Crippen LogP contribution in [0.2, 0.25) is 0 Å². The largest absolute Gasteiger partial charge is 0.394 e. The quantitative estimate of drug-likeness (QED) is 0.343. The summed E-state index contributed by atoms with van der Waals surface area (Å²) in [4.78, 5) is 11.3. The zero-order valence-electron chi connectivity index (χ0n) is 9.14. The van der Waals surface area contributed by atoms with Crippen molar-refractivity contribution in [3.8, 4) is 0 Å². The van der Waals surface area contributed by atoms with Crippen LogP contribution in [0.25, 0.3) is 0 Å². The van der Waals surface area contributed by atoms with Crippen molar-refractivity contribution in [1.82, 2.24) is 5.32 Å². The third kappa shape index (κ3) is 2.96. The number of nitrogens with one attached hydrogen (secondary N) is 1. The van der Waals surface area contributed by atoms with Gasteiger partial charge in [-0.3, -0.25) is 4.79 Å². The van der Waals surface area contributed by atoms with Gasteiger partial charge >= 0.3 is 0 Å². The van der Waals surface area contributed by atoms with Crippen molar-refractivity contribution in [1.29, 1.82) is 0 Å². The Bertz CT molecular complexity index is 223. The number of ketones is 1. The minimum absolute atomic E-state index is 0.373. The molecular weight excluding hydrogens is 202 g/mol. The second-order valence-electron chi connectivity index (χ2n) is 3.69. The highest BCUT2D eigenvalue weighted by Crippen LogP contribution is 2.16. The molecule has 0 radical (unpaired) electrons. The van der Waals surface area contributed by atoms with Crippen LogP contribution in [0.15, 0.2) is 0 Å². The second kappa shape index (κ2) is 5.53. The van der Waals surface area contributed by atoms with Gasteiger partial charge in [-0.25, -0.2) is 0 Å². The summed E-state index contributed by atoms with van der Waals surface area (Å²) in [6.45, 7) is 1.99. The third-order valence-corrected chi connectivity index (χ3v) is 2.75. The van der Waals surface area contributed by atoms with Crippen molar-refractivity contribution in [2.75, 3.05) is 13.7 Å². The lowest BCUT2D eigenvalue weighted by Crippen LogP contribution is -2.62. The van der Waals surface area contributed by atoms with Gasteiger partial charge in [0.2, 0.25) is 0 Å². The summed E-state index contributed by atoms with van der Waals surface area (Å²) in [5.41, 5.74) is -1.35. The fourth-order valence-electron chi connectivity index (χ4n) is 1.19. The smallest absolute Gasteiger partial charge is 0.152 e. The molecule has 0 aromatic rings. The molecule has 0 fully saturated rings. The van der Waals surface area contributed by atoms with E-state index in [1.807, 2.05) is 0 Å². The van der Waals surface area contributed by atoms with Crippen LogP contribution in [0, 0.1) is 0 Å². The van der Waals surface area contributed by atoms with Crippen molar-refractivity contribution in [3.63, 3.8) is 0 Å². The lowest BCUT2D eigenvalue weighted by Gasteiger charge is -2.35. The van der Waals surface area contributed by atoms with Crippen molar-refractivity contribution in [2.24, 2.45) is 0 Å². The molecule has 0 amide bonds. The van der Waals surface area contributed by atoms with Gasteiger partial charge in [-0.15, -0.1) is 0 Å². The van der Waals surface area contributed by atoms with Crippen LogP contribution < -0.4 is 5.32 Å². The molecular formula is C9H19NO5. The monoisotopic (exact) mass is 221 g/mol.